The first-order valence-corrected chi connectivity index (χ1v) is 11.3. The molecule has 0 heterocycles. The number of rotatable bonds is 18. The number of hydrogen-bond donors (Lipinski definition) is 0. The third kappa shape index (κ3) is 21.1. The van der Waals surface area contributed by atoms with Gasteiger partial charge in [-0.25, -0.2) is 0 Å². The second kappa shape index (κ2) is 18.3. The average Bonchev–Trinajstić information content (AvgIpc) is 2.57. The van der Waals surface area contributed by atoms with Crippen molar-refractivity contribution in [2.75, 3.05) is 0 Å². The molecule has 0 spiro atoms. The van der Waals surface area contributed by atoms with Gasteiger partial charge in [0, 0.05) is 12.8 Å². The number of unbranched alkanes of at least 4 members (excludes halogenated alkanes) is 12. The van der Waals surface area contributed by atoms with E-state index in [4.69, 9.17) is 9.47 Å². The first-order chi connectivity index (χ1) is 12.9. The SMILES string of the molecule is CC(C)OC(=O)CCCCCCCCCCCCCCCC(=O)OC(C)C. The van der Waals surface area contributed by atoms with Crippen LogP contribution >= 0.6 is 0 Å². The van der Waals surface area contributed by atoms with Gasteiger partial charge in [-0.15, -0.1) is 0 Å². The van der Waals surface area contributed by atoms with Crippen LogP contribution in [0.1, 0.15) is 124 Å². The molecule has 0 N–H and O–H groups in total. The highest BCUT2D eigenvalue weighted by Gasteiger charge is 2.05. The molecule has 27 heavy (non-hydrogen) atoms. The lowest BCUT2D eigenvalue weighted by Crippen LogP contribution is -2.10. The van der Waals surface area contributed by atoms with Gasteiger partial charge in [-0.1, -0.05) is 70.6 Å². The average molecular weight is 385 g/mol. The monoisotopic (exact) mass is 384 g/mol. The topological polar surface area (TPSA) is 52.6 Å². The van der Waals surface area contributed by atoms with Crippen LogP contribution in [0, 0.1) is 0 Å². The molecule has 0 bridgehead atoms. The highest BCUT2D eigenvalue weighted by Crippen LogP contribution is 2.14. The van der Waals surface area contributed by atoms with Crippen LogP contribution in [-0.2, 0) is 19.1 Å². The lowest BCUT2D eigenvalue weighted by Gasteiger charge is -2.07. The van der Waals surface area contributed by atoms with Gasteiger partial charge in [0.2, 0.25) is 0 Å². The van der Waals surface area contributed by atoms with E-state index < -0.39 is 0 Å². The number of carbonyl (C=O) groups excluding carboxylic acids is 2. The van der Waals surface area contributed by atoms with E-state index in [1.54, 1.807) is 0 Å². The Morgan fingerprint density at radius 1 is 0.481 bits per heavy atom. The van der Waals surface area contributed by atoms with Crippen molar-refractivity contribution in [2.24, 2.45) is 0 Å². The Balaban J connectivity index is 3.17. The minimum absolute atomic E-state index is 0.00557. The summed E-state index contributed by atoms with van der Waals surface area (Å²) in [6, 6.07) is 0. The van der Waals surface area contributed by atoms with Crippen LogP contribution in [-0.4, -0.2) is 24.1 Å². The predicted molar refractivity (Wildman–Crippen MR) is 112 cm³/mol. The standard InChI is InChI=1S/C23H44O4/c1-20(2)26-22(24)18-16-14-12-10-8-6-5-7-9-11-13-15-17-19-23(25)27-21(3)4/h20-21H,5-19H2,1-4H3. The highest BCUT2D eigenvalue weighted by atomic mass is 16.5. The van der Waals surface area contributed by atoms with Crippen LogP contribution in [0.3, 0.4) is 0 Å². The molecule has 0 aliphatic carbocycles. The van der Waals surface area contributed by atoms with Crippen molar-refractivity contribution in [3.05, 3.63) is 0 Å². The molecule has 0 saturated carbocycles. The normalized spacial score (nSPS) is 11.2. The van der Waals surface area contributed by atoms with E-state index in [0.717, 1.165) is 25.7 Å². The molecule has 0 rings (SSSR count). The summed E-state index contributed by atoms with van der Waals surface area (Å²) in [5.41, 5.74) is 0. The number of hydrogen-bond acceptors (Lipinski definition) is 4. The number of esters is 2. The number of carbonyl (C=O) groups is 2. The Labute approximate surface area is 167 Å². The Kier molecular flexibility index (Phi) is 17.6. The van der Waals surface area contributed by atoms with Crippen molar-refractivity contribution < 1.29 is 19.1 Å². The van der Waals surface area contributed by atoms with Gasteiger partial charge in [0.15, 0.2) is 0 Å². The zero-order valence-corrected chi connectivity index (χ0v) is 18.4. The fraction of sp³-hybridized carbons (Fsp3) is 0.913. The summed E-state index contributed by atoms with van der Waals surface area (Å²) in [4.78, 5) is 22.8. The largest absolute Gasteiger partial charge is 0.463 e. The van der Waals surface area contributed by atoms with Crippen molar-refractivity contribution >= 4 is 11.9 Å². The maximum Gasteiger partial charge on any atom is 0.306 e. The highest BCUT2D eigenvalue weighted by molar-refractivity contribution is 5.69. The van der Waals surface area contributed by atoms with E-state index >= 15 is 0 Å². The van der Waals surface area contributed by atoms with Crippen LogP contribution in [0.2, 0.25) is 0 Å². The number of ether oxygens (including phenoxy) is 2. The third-order valence-corrected chi connectivity index (χ3v) is 4.50. The quantitative estimate of drug-likeness (QED) is 0.194. The molecular formula is C23H44O4. The molecule has 0 aromatic rings. The minimum Gasteiger partial charge on any atom is -0.463 e. The van der Waals surface area contributed by atoms with Gasteiger partial charge in [-0.05, 0) is 40.5 Å². The molecule has 0 aliphatic heterocycles. The van der Waals surface area contributed by atoms with Crippen LogP contribution in [0.25, 0.3) is 0 Å². The summed E-state index contributed by atoms with van der Waals surface area (Å²) in [6.07, 6.45) is 17.0. The third-order valence-electron chi connectivity index (χ3n) is 4.50. The Morgan fingerprint density at radius 3 is 0.926 bits per heavy atom. The molecule has 0 atom stereocenters. The van der Waals surface area contributed by atoms with Gasteiger partial charge in [-0.3, -0.25) is 9.59 Å². The molecule has 0 amide bonds. The lowest BCUT2D eigenvalue weighted by atomic mass is 10.0. The van der Waals surface area contributed by atoms with E-state index in [1.807, 2.05) is 27.7 Å². The van der Waals surface area contributed by atoms with E-state index in [0.29, 0.717) is 12.8 Å². The minimum atomic E-state index is -0.0551. The second-order valence-electron chi connectivity index (χ2n) is 8.17. The van der Waals surface area contributed by atoms with Gasteiger partial charge in [0.1, 0.15) is 0 Å². The Hall–Kier alpha value is -1.06. The molecule has 0 aromatic carbocycles. The predicted octanol–water partition coefficient (Wildman–Crippen LogP) is 6.74. The fourth-order valence-electron chi connectivity index (χ4n) is 3.13. The molecule has 4 heteroatoms. The zero-order chi connectivity index (χ0) is 20.3. The molecule has 4 nitrogen and oxygen atoms in total. The van der Waals surface area contributed by atoms with Gasteiger partial charge in [0.05, 0.1) is 12.2 Å². The van der Waals surface area contributed by atoms with Gasteiger partial charge >= 0.3 is 11.9 Å². The van der Waals surface area contributed by atoms with Crippen molar-refractivity contribution in [1.29, 1.82) is 0 Å². The van der Waals surface area contributed by atoms with Gasteiger partial charge in [-0.2, -0.15) is 0 Å². The van der Waals surface area contributed by atoms with Crippen molar-refractivity contribution in [1.82, 2.24) is 0 Å². The molecule has 0 radical (unpaired) electrons. The molecule has 0 saturated heterocycles. The van der Waals surface area contributed by atoms with Crippen LogP contribution in [0.5, 0.6) is 0 Å². The van der Waals surface area contributed by atoms with Crippen molar-refractivity contribution in [3.8, 4) is 0 Å². The molecule has 0 unspecified atom stereocenters. The summed E-state index contributed by atoms with van der Waals surface area (Å²) in [5, 5.41) is 0. The lowest BCUT2D eigenvalue weighted by molar-refractivity contribution is -0.148. The zero-order valence-electron chi connectivity index (χ0n) is 18.4. The molecular weight excluding hydrogens is 340 g/mol. The first kappa shape index (κ1) is 25.9. The summed E-state index contributed by atoms with van der Waals surface area (Å²) in [6.45, 7) is 7.57. The maximum atomic E-state index is 11.4. The summed E-state index contributed by atoms with van der Waals surface area (Å²) < 4.78 is 10.3. The maximum absolute atomic E-state index is 11.4. The smallest absolute Gasteiger partial charge is 0.306 e. The van der Waals surface area contributed by atoms with E-state index in [-0.39, 0.29) is 24.1 Å². The van der Waals surface area contributed by atoms with Gasteiger partial charge < -0.3 is 9.47 Å². The summed E-state index contributed by atoms with van der Waals surface area (Å²) in [5.74, 6) is -0.110. The Morgan fingerprint density at radius 2 is 0.704 bits per heavy atom. The van der Waals surface area contributed by atoms with Crippen molar-refractivity contribution in [3.63, 3.8) is 0 Å². The van der Waals surface area contributed by atoms with E-state index in [2.05, 4.69) is 0 Å². The fourth-order valence-corrected chi connectivity index (χ4v) is 3.13. The molecule has 160 valence electrons. The molecule has 0 fully saturated rings. The van der Waals surface area contributed by atoms with E-state index in [9.17, 15) is 9.59 Å². The van der Waals surface area contributed by atoms with E-state index in [1.165, 1.54) is 57.8 Å². The second-order valence-corrected chi connectivity index (χ2v) is 8.17. The van der Waals surface area contributed by atoms with Crippen LogP contribution in [0.15, 0.2) is 0 Å². The van der Waals surface area contributed by atoms with Gasteiger partial charge in [0.25, 0.3) is 0 Å². The molecule has 0 aliphatic rings. The summed E-state index contributed by atoms with van der Waals surface area (Å²) in [7, 11) is 0. The molecule has 0 aromatic heterocycles. The Bertz CT molecular complexity index is 329. The first-order valence-electron chi connectivity index (χ1n) is 11.3. The van der Waals surface area contributed by atoms with Crippen molar-refractivity contribution in [2.45, 2.75) is 136 Å². The van der Waals surface area contributed by atoms with Crippen LogP contribution < -0.4 is 0 Å². The summed E-state index contributed by atoms with van der Waals surface area (Å²) >= 11 is 0. The van der Waals surface area contributed by atoms with Crippen LogP contribution in [0.4, 0.5) is 0 Å².